The number of halogens is 1. The summed E-state index contributed by atoms with van der Waals surface area (Å²) in [5.41, 5.74) is -0.255. The van der Waals surface area contributed by atoms with Crippen molar-refractivity contribution in [3.05, 3.63) is 62.7 Å². The number of ether oxygens (including phenoxy) is 3. The number of ketones is 1. The zero-order valence-electron chi connectivity index (χ0n) is 13.9. The van der Waals surface area contributed by atoms with E-state index in [1.807, 2.05) is 0 Å². The van der Waals surface area contributed by atoms with Gasteiger partial charge in [-0.1, -0.05) is 11.6 Å². The Kier molecular flexibility index (Phi) is 6.13. The van der Waals surface area contributed by atoms with Gasteiger partial charge in [-0.15, -0.1) is 0 Å². The van der Waals surface area contributed by atoms with Gasteiger partial charge in [-0.2, -0.15) is 0 Å². The Labute approximate surface area is 153 Å². The molecule has 0 radical (unpaired) electrons. The lowest BCUT2D eigenvalue weighted by Gasteiger charge is -2.09. The molecule has 0 saturated heterocycles. The van der Waals surface area contributed by atoms with E-state index in [-0.39, 0.29) is 21.8 Å². The lowest BCUT2D eigenvalue weighted by atomic mass is 10.1. The number of hydrogen-bond donors (Lipinski definition) is 0. The van der Waals surface area contributed by atoms with Crippen molar-refractivity contribution in [1.82, 2.24) is 0 Å². The Morgan fingerprint density at radius 1 is 1.08 bits per heavy atom. The van der Waals surface area contributed by atoms with Gasteiger partial charge in [0.1, 0.15) is 0 Å². The molecule has 9 heteroatoms. The van der Waals surface area contributed by atoms with Crippen molar-refractivity contribution in [2.45, 2.75) is 0 Å². The molecule has 26 heavy (non-hydrogen) atoms. The van der Waals surface area contributed by atoms with Crippen LogP contribution in [0.1, 0.15) is 20.7 Å². The molecule has 0 amide bonds. The number of non-ortho nitro benzene ring substituents is 1. The smallest absolute Gasteiger partial charge is 0.340 e. The van der Waals surface area contributed by atoms with Crippen LogP contribution >= 0.6 is 11.6 Å². The van der Waals surface area contributed by atoms with E-state index in [9.17, 15) is 19.7 Å². The maximum absolute atomic E-state index is 12.2. The number of esters is 1. The van der Waals surface area contributed by atoms with E-state index >= 15 is 0 Å². The zero-order valence-corrected chi connectivity index (χ0v) is 14.6. The van der Waals surface area contributed by atoms with Crippen LogP contribution in [0.3, 0.4) is 0 Å². The van der Waals surface area contributed by atoms with Crippen molar-refractivity contribution >= 4 is 29.0 Å². The van der Waals surface area contributed by atoms with Crippen LogP contribution in [0.25, 0.3) is 0 Å². The predicted molar refractivity (Wildman–Crippen MR) is 92.3 cm³/mol. The lowest BCUT2D eigenvalue weighted by molar-refractivity contribution is -0.384. The fourth-order valence-corrected chi connectivity index (χ4v) is 2.28. The number of methoxy groups -OCH3 is 2. The van der Waals surface area contributed by atoms with E-state index < -0.39 is 23.3 Å². The highest BCUT2D eigenvalue weighted by atomic mass is 35.5. The van der Waals surface area contributed by atoms with E-state index in [0.717, 1.165) is 12.1 Å². The van der Waals surface area contributed by atoms with Crippen LogP contribution in [0.5, 0.6) is 11.5 Å². The number of carbonyl (C=O) groups is 2. The van der Waals surface area contributed by atoms with Crippen molar-refractivity contribution < 1.29 is 28.7 Å². The summed E-state index contributed by atoms with van der Waals surface area (Å²) in [4.78, 5) is 34.4. The van der Waals surface area contributed by atoms with Gasteiger partial charge in [-0.25, -0.2) is 4.79 Å². The minimum absolute atomic E-state index is 0.0147. The van der Waals surface area contributed by atoms with Crippen molar-refractivity contribution in [2.75, 3.05) is 20.8 Å². The van der Waals surface area contributed by atoms with Crippen LogP contribution in [-0.4, -0.2) is 37.5 Å². The fraction of sp³-hybridized carbons (Fsp3) is 0.176. The second-order valence-electron chi connectivity index (χ2n) is 4.99. The molecule has 0 fully saturated rings. The first-order chi connectivity index (χ1) is 12.4. The van der Waals surface area contributed by atoms with Gasteiger partial charge in [0.05, 0.1) is 29.7 Å². The minimum Gasteiger partial charge on any atom is -0.493 e. The molecule has 0 saturated carbocycles. The molecular weight excluding hydrogens is 366 g/mol. The molecule has 0 N–H and O–H groups in total. The van der Waals surface area contributed by atoms with Crippen molar-refractivity contribution in [3.8, 4) is 11.5 Å². The quantitative estimate of drug-likeness (QED) is 0.314. The Balaban J connectivity index is 2.11. The average molecular weight is 380 g/mol. The number of Topliss-reactive ketones (excluding diaryl/α,β-unsaturated/α-hetero) is 1. The first kappa shape index (κ1) is 19.2. The molecule has 2 aromatic carbocycles. The molecule has 2 aromatic rings. The number of benzene rings is 2. The van der Waals surface area contributed by atoms with E-state index in [2.05, 4.69) is 0 Å². The molecule has 0 heterocycles. The molecule has 0 spiro atoms. The summed E-state index contributed by atoms with van der Waals surface area (Å²) < 4.78 is 15.1. The third-order valence-corrected chi connectivity index (χ3v) is 3.75. The van der Waals surface area contributed by atoms with Crippen molar-refractivity contribution in [3.63, 3.8) is 0 Å². The average Bonchev–Trinajstić information content (AvgIpc) is 2.65. The van der Waals surface area contributed by atoms with Crippen LogP contribution in [0.2, 0.25) is 5.02 Å². The highest BCUT2D eigenvalue weighted by Crippen LogP contribution is 2.28. The van der Waals surface area contributed by atoms with Crippen LogP contribution in [0.4, 0.5) is 5.69 Å². The summed E-state index contributed by atoms with van der Waals surface area (Å²) in [5.74, 6) is -0.621. The number of rotatable bonds is 7. The largest absolute Gasteiger partial charge is 0.493 e. The third-order valence-electron chi connectivity index (χ3n) is 3.42. The highest BCUT2D eigenvalue weighted by Gasteiger charge is 2.19. The summed E-state index contributed by atoms with van der Waals surface area (Å²) in [7, 11) is 2.89. The summed E-state index contributed by atoms with van der Waals surface area (Å²) in [5, 5.41) is 10.8. The molecule has 0 atom stereocenters. The van der Waals surface area contributed by atoms with Gasteiger partial charge < -0.3 is 14.2 Å². The number of hydrogen-bond acceptors (Lipinski definition) is 7. The molecule has 0 aliphatic carbocycles. The highest BCUT2D eigenvalue weighted by molar-refractivity contribution is 6.33. The normalized spacial score (nSPS) is 10.1. The Hall–Kier alpha value is -3.13. The van der Waals surface area contributed by atoms with Gasteiger partial charge in [0.15, 0.2) is 23.9 Å². The molecule has 8 nitrogen and oxygen atoms in total. The molecule has 0 aromatic heterocycles. The third kappa shape index (κ3) is 4.28. The zero-order chi connectivity index (χ0) is 19.3. The van der Waals surface area contributed by atoms with Crippen molar-refractivity contribution in [2.24, 2.45) is 0 Å². The molecule has 0 aliphatic heterocycles. The van der Waals surface area contributed by atoms with Crippen LogP contribution in [0, 0.1) is 10.1 Å². The van der Waals surface area contributed by atoms with Crippen LogP contribution < -0.4 is 9.47 Å². The standard InChI is InChI=1S/C17H14ClNO7/c1-24-15-6-3-10(7-16(15)25-2)14(20)9-26-17(21)12-8-11(19(22)23)4-5-13(12)18/h3-8H,9H2,1-2H3. The van der Waals surface area contributed by atoms with Gasteiger partial charge in [-0.3, -0.25) is 14.9 Å². The van der Waals surface area contributed by atoms with Gasteiger partial charge in [0, 0.05) is 17.7 Å². The number of carbonyl (C=O) groups excluding carboxylic acids is 2. The number of nitro benzene ring substituents is 1. The van der Waals surface area contributed by atoms with Crippen molar-refractivity contribution in [1.29, 1.82) is 0 Å². The van der Waals surface area contributed by atoms with Gasteiger partial charge in [0.2, 0.25) is 0 Å². The molecule has 2 rings (SSSR count). The van der Waals surface area contributed by atoms with Gasteiger partial charge in [0.25, 0.3) is 5.69 Å². The van der Waals surface area contributed by atoms with Crippen LogP contribution in [0.15, 0.2) is 36.4 Å². The molecule has 0 unspecified atom stereocenters. The van der Waals surface area contributed by atoms with E-state index in [1.54, 1.807) is 6.07 Å². The second-order valence-corrected chi connectivity index (χ2v) is 5.40. The Bertz CT molecular complexity index is 866. The molecule has 136 valence electrons. The minimum atomic E-state index is -0.937. The lowest BCUT2D eigenvalue weighted by Crippen LogP contribution is -2.15. The van der Waals surface area contributed by atoms with Crippen LogP contribution in [-0.2, 0) is 4.74 Å². The maximum atomic E-state index is 12.2. The monoisotopic (exact) mass is 379 g/mol. The summed E-state index contributed by atoms with van der Waals surface area (Å²) in [6.07, 6.45) is 0. The fourth-order valence-electron chi connectivity index (χ4n) is 2.09. The number of nitrogens with zero attached hydrogens (tertiary/aromatic N) is 1. The van der Waals surface area contributed by atoms with E-state index in [4.69, 9.17) is 25.8 Å². The Morgan fingerprint density at radius 3 is 2.38 bits per heavy atom. The molecular formula is C17H14ClNO7. The summed E-state index contributed by atoms with van der Waals surface area (Å²) in [6, 6.07) is 7.87. The summed E-state index contributed by atoms with van der Waals surface area (Å²) >= 11 is 5.86. The van der Waals surface area contributed by atoms with E-state index in [1.165, 1.54) is 32.4 Å². The second kappa shape index (κ2) is 8.30. The first-order valence-electron chi connectivity index (χ1n) is 7.23. The topological polar surface area (TPSA) is 105 Å². The van der Waals surface area contributed by atoms with Gasteiger partial charge in [-0.05, 0) is 24.3 Å². The number of nitro groups is 1. The van der Waals surface area contributed by atoms with Gasteiger partial charge >= 0.3 is 5.97 Å². The molecule has 0 aliphatic rings. The maximum Gasteiger partial charge on any atom is 0.340 e. The summed E-state index contributed by atoms with van der Waals surface area (Å²) in [6.45, 7) is -0.562. The van der Waals surface area contributed by atoms with E-state index in [0.29, 0.717) is 11.5 Å². The predicted octanol–water partition coefficient (Wildman–Crippen LogP) is 3.31. The SMILES string of the molecule is COc1ccc(C(=O)COC(=O)c2cc([N+](=O)[O-])ccc2Cl)cc1OC. The first-order valence-corrected chi connectivity index (χ1v) is 7.61. The molecule has 0 bridgehead atoms. The Morgan fingerprint density at radius 2 is 1.77 bits per heavy atom.